The number of hydrazone groups is 1. The Labute approximate surface area is 179 Å². The van der Waals surface area contributed by atoms with Crippen LogP contribution in [0, 0.1) is 0 Å². The summed E-state index contributed by atoms with van der Waals surface area (Å²) in [5.41, 5.74) is 5.55. The number of hydrogen-bond donors (Lipinski definition) is 1. The number of benzene rings is 3. The number of nitrogens with one attached hydrogen (secondary N) is 1. The van der Waals surface area contributed by atoms with Crippen LogP contribution in [0.15, 0.2) is 84.0 Å². The van der Waals surface area contributed by atoms with Crippen molar-refractivity contribution in [2.75, 3.05) is 5.75 Å². The molecule has 0 saturated carbocycles. The summed E-state index contributed by atoms with van der Waals surface area (Å²) in [6, 6.07) is 25.1. The molecule has 148 valence electrons. The SMILES string of the molecule is O=C(CSCc1ccccc1)N/N=C\c1ccc(OCc2ccccc2Cl)cc1. The standard InChI is InChI=1S/C23H21ClN2O2S/c24-22-9-5-4-8-20(22)15-28-21-12-10-18(11-13-21)14-25-26-23(27)17-29-16-19-6-2-1-3-7-19/h1-14H,15-17H2,(H,26,27)/b25-14-. The maximum atomic E-state index is 11.8. The average molecular weight is 425 g/mol. The van der Waals surface area contributed by atoms with Crippen molar-refractivity contribution in [3.8, 4) is 5.75 Å². The van der Waals surface area contributed by atoms with E-state index in [1.54, 1.807) is 18.0 Å². The van der Waals surface area contributed by atoms with Crippen molar-refractivity contribution in [3.63, 3.8) is 0 Å². The lowest BCUT2D eigenvalue weighted by atomic mass is 10.2. The van der Waals surface area contributed by atoms with Gasteiger partial charge in [0.25, 0.3) is 0 Å². The molecule has 0 aliphatic heterocycles. The highest BCUT2D eigenvalue weighted by Gasteiger charge is 2.02. The van der Waals surface area contributed by atoms with Crippen LogP contribution in [0.25, 0.3) is 0 Å². The predicted molar refractivity (Wildman–Crippen MR) is 121 cm³/mol. The Morgan fingerprint density at radius 2 is 1.72 bits per heavy atom. The van der Waals surface area contributed by atoms with Crippen molar-refractivity contribution in [2.24, 2.45) is 5.10 Å². The molecule has 0 aromatic heterocycles. The van der Waals surface area contributed by atoms with Crippen molar-refractivity contribution in [1.29, 1.82) is 0 Å². The fraction of sp³-hybridized carbons (Fsp3) is 0.130. The van der Waals surface area contributed by atoms with Crippen molar-refractivity contribution in [2.45, 2.75) is 12.4 Å². The highest BCUT2D eigenvalue weighted by atomic mass is 35.5. The van der Waals surface area contributed by atoms with Crippen LogP contribution < -0.4 is 10.2 Å². The minimum Gasteiger partial charge on any atom is -0.489 e. The molecule has 0 aliphatic rings. The summed E-state index contributed by atoms with van der Waals surface area (Å²) in [4.78, 5) is 11.8. The van der Waals surface area contributed by atoms with Gasteiger partial charge < -0.3 is 4.74 Å². The number of halogens is 1. The van der Waals surface area contributed by atoms with Crippen LogP contribution >= 0.6 is 23.4 Å². The Balaban J connectivity index is 1.39. The third kappa shape index (κ3) is 7.29. The van der Waals surface area contributed by atoms with E-state index in [0.29, 0.717) is 17.4 Å². The maximum Gasteiger partial charge on any atom is 0.250 e. The first kappa shape index (κ1) is 21.0. The molecule has 0 saturated heterocycles. The van der Waals surface area contributed by atoms with Crippen LogP contribution in [0.3, 0.4) is 0 Å². The van der Waals surface area contributed by atoms with Gasteiger partial charge in [0, 0.05) is 16.3 Å². The van der Waals surface area contributed by atoms with Crippen LogP contribution in [0.1, 0.15) is 16.7 Å². The monoisotopic (exact) mass is 424 g/mol. The molecule has 3 aromatic carbocycles. The average Bonchev–Trinajstić information content (AvgIpc) is 2.75. The number of carbonyl (C=O) groups excluding carboxylic acids is 1. The number of amides is 1. The lowest BCUT2D eigenvalue weighted by molar-refractivity contribution is -0.118. The van der Waals surface area contributed by atoms with Gasteiger partial charge in [0.1, 0.15) is 12.4 Å². The Kier molecular flexibility index (Phi) is 8.16. The van der Waals surface area contributed by atoms with Gasteiger partial charge in [-0.25, -0.2) is 5.43 Å². The van der Waals surface area contributed by atoms with E-state index in [2.05, 4.69) is 10.5 Å². The molecule has 0 unspecified atom stereocenters. The summed E-state index contributed by atoms with van der Waals surface area (Å²) in [5, 5.41) is 4.69. The molecular weight excluding hydrogens is 404 g/mol. The second-order valence-corrected chi connectivity index (χ2v) is 7.61. The molecular formula is C23H21ClN2O2S. The first-order valence-electron chi connectivity index (χ1n) is 9.10. The van der Waals surface area contributed by atoms with Crippen molar-refractivity contribution < 1.29 is 9.53 Å². The van der Waals surface area contributed by atoms with Gasteiger partial charge in [-0.15, -0.1) is 11.8 Å². The van der Waals surface area contributed by atoms with Crippen molar-refractivity contribution in [3.05, 3.63) is 101 Å². The Morgan fingerprint density at radius 1 is 1.00 bits per heavy atom. The third-order valence-corrected chi connectivity index (χ3v) is 5.35. The van der Waals surface area contributed by atoms with Crippen LogP contribution in [0.2, 0.25) is 5.02 Å². The molecule has 3 aromatic rings. The Bertz CT molecular complexity index is 947. The number of thioether (sulfide) groups is 1. The van der Waals surface area contributed by atoms with Crippen LogP contribution in [-0.2, 0) is 17.2 Å². The van der Waals surface area contributed by atoms with Crippen LogP contribution in [0.5, 0.6) is 5.75 Å². The van der Waals surface area contributed by atoms with Crippen molar-refractivity contribution >= 4 is 35.5 Å². The number of rotatable bonds is 9. The molecule has 0 atom stereocenters. The molecule has 0 aliphatic carbocycles. The Hall–Kier alpha value is -2.76. The number of hydrogen-bond acceptors (Lipinski definition) is 4. The Morgan fingerprint density at radius 3 is 2.48 bits per heavy atom. The summed E-state index contributed by atoms with van der Waals surface area (Å²) in [6.45, 7) is 0.407. The molecule has 6 heteroatoms. The smallest absolute Gasteiger partial charge is 0.250 e. The molecule has 1 amide bonds. The zero-order valence-corrected chi connectivity index (χ0v) is 17.3. The number of carbonyl (C=O) groups is 1. The second kappa shape index (κ2) is 11.3. The van der Waals surface area contributed by atoms with Gasteiger partial charge in [0.15, 0.2) is 0 Å². The molecule has 4 nitrogen and oxygen atoms in total. The normalized spacial score (nSPS) is 10.8. The maximum absolute atomic E-state index is 11.8. The quantitative estimate of drug-likeness (QED) is 0.374. The highest BCUT2D eigenvalue weighted by Crippen LogP contribution is 2.18. The summed E-state index contributed by atoms with van der Waals surface area (Å²) < 4.78 is 5.75. The summed E-state index contributed by atoms with van der Waals surface area (Å²) in [5.74, 6) is 1.78. The van der Waals surface area contributed by atoms with Gasteiger partial charge in [-0.2, -0.15) is 5.10 Å². The molecule has 0 spiro atoms. The fourth-order valence-corrected chi connectivity index (χ4v) is 3.44. The first-order valence-corrected chi connectivity index (χ1v) is 10.6. The largest absolute Gasteiger partial charge is 0.489 e. The molecule has 1 N–H and O–H groups in total. The van der Waals surface area contributed by atoms with Gasteiger partial charge in [-0.1, -0.05) is 60.1 Å². The minimum absolute atomic E-state index is 0.123. The van der Waals surface area contributed by atoms with E-state index in [1.165, 1.54) is 5.56 Å². The van der Waals surface area contributed by atoms with Crippen LogP contribution in [-0.4, -0.2) is 17.9 Å². The molecule has 0 bridgehead atoms. The number of nitrogens with zero attached hydrogens (tertiary/aromatic N) is 1. The zero-order chi connectivity index (χ0) is 20.3. The lowest BCUT2D eigenvalue weighted by Crippen LogP contribution is -2.19. The highest BCUT2D eigenvalue weighted by molar-refractivity contribution is 7.99. The van der Waals surface area contributed by atoms with Crippen molar-refractivity contribution in [1.82, 2.24) is 5.43 Å². The van der Waals surface area contributed by atoms with Gasteiger partial charge in [-0.05, 0) is 41.5 Å². The summed E-state index contributed by atoms with van der Waals surface area (Å²) >= 11 is 7.68. The van der Waals surface area contributed by atoms with E-state index in [0.717, 1.165) is 22.6 Å². The third-order valence-electron chi connectivity index (χ3n) is 3.98. The molecule has 0 radical (unpaired) electrons. The van der Waals surface area contributed by atoms with Crippen LogP contribution in [0.4, 0.5) is 0 Å². The summed E-state index contributed by atoms with van der Waals surface area (Å²) in [7, 11) is 0. The first-order chi connectivity index (χ1) is 14.2. The van der Waals surface area contributed by atoms with E-state index in [9.17, 15) is 4.79 Å². The summed E-state index contributed by atoms with van der Waals surface area (Å²) in [6.07, 6.45) is 1.61. The molecule has 0 fully saturated rings. The topological polar surface area (TPSA) is 50.7 Å². The van der Waals surface area contributed by atoms with Gasteiger partial charge >= 0.3 is 0 Å². The number of ether oxygens (including phenoxy) is 1. The molecule has 3 rings (SSSR count). The molecule has 0 heterocycles. The molecule has 29 heavy (non-hydrogen) atoms. The minimum atomic E-state index is -0.123. The van der Waals surface area contributed by atoms with E-state index >= 15 is 0 Å². The van der Waals surface area contributed by atoms with E-state index in [-0.39, 0.29) is 5.91 Å². The predicted octanol–water partition coefficient (Wildman–Crippen LogP) is 5.30. The van der Waals surface area contributed by atoms with E-state index in [1.807, 2.05) is 78.9 Å². The van der Waals surface area contributed by atoms with Gasteiger partial charge in [0.05, 0.1) is 12.0 Å². The van der Waals surface area contributed by atoms with Gasteiger partial charge in [0.2, 0.25) is 5.91 Å². The zero-order valence-electron chi connectivity index (χ0n) is 15.8. The van der Waals surface area contributed by atoms with E-state index in [4.69, 9.17) is 16.3 Å². The fourth-order valence-electron chi connectivity index (χ4n) is 2.47. The van der Waals surface area contributed by atoms with Gasteiger partial charge in [-0.3, -0.25) is 4.79 Å². The lowest BCUT2D eigenvalue weighted by Gasteiger charge is -2.07. The second-order valence-electron chi connectivity index (χ2n) is 6.22. The van der Waals surface area contributed by atoms with E-state index < -0.39 is 0 Å².